The lowest BCUT2D eigenvalue weighted by Crippen LogP contribution is -2.44. The summed E-state index contributed by atoms with van der Waals surface area (Å²) < 4.78 is 25.7. The largest absolute Gasteiger partial charge is 0.453 e. The summed E-state index contributed by atoms with van der Waals surface area (Å²) in [4.78, 5) is 57.5. The fraction of sp³-hybridized carbons (Fsp3) is 0.344. The lowest BCUT2D eigenvalue weighted by Gasteiger charge is -2.36. The number of pyridine rings is 1. The molecule has 0 saturated carbocycles. The molecular formula is C32H31ClFN5O6. The molecule has 234 valence electrons. The molecule has 1 spiro atoms. The summed E-state index contributed by atoms with van der Waals surface area (Å²) in [5.74, 6) is -1.70. The summed E-state index contributed by atoms with van der Waals surface area (Å²) in [6.07, 6.45) is 3.21. The standard InChI is InChI=1S/C32H31ClFN5O6/c1-44-30(42)36-19-7-8-20-18-11-13-35-24(15-18)21(5-3-2-4-6-26(40)37-25(20)16-19)29(41)39-14-12-32(17-39)27-23(38-31(43)45-32)10-9-22(33)28(27)34/h7-11,13,15-16,21H,2-6,12,14,17H2,1H3,(H,36,42)(H,37,40)(H,38,43)/t21-,32-/m0/s1. The van der Waals surface area contributed by atoms with Gasteiger partial charge in [0.2, 0.25) is 11.8 Å². The summed E-state index contributed by atoms with van der Waals surface area (Å²) >= 11 is 6.10. The first-order chi connectivity index (χ1) is 21.7. The first-order valence-corrected chi connectivity index (χ1v) is 15.1. The predicted octanol–water partition coefficient (Wildman–Crippen LogP) is 6.40. The second-order valence-electron chi connectivity index (χ2n) is 11.3. The second-order valence-corrected chi connectivity index (χ2v) is 11.8. The Labute approximate surface area is 263 Å². The number of methoxy groups -OCH3 is 1. The molecular weight excluding hydrogens is 605 g/mol. The Kier molecular flexibility index (Phi) is 8.32. The zero-order valence-electron chi connectivity index (χ0n) is 24.5. The van der Waals surface area contributed by atoms with E-state index in [0.29, 0.717) is 53.9 Å². The number of hydrogen-bond acceptors (Lipinski definition) is 7. The molecule has 3 aliphatic heterocycles. The van der Waals surface area contributed by atoms with E-state index in [1.54, 1.807) is 35.4 Å². The van der Waals surface area contributed by atoms with Gasteiger partial charge in [-0.2, -0.15) is 0 Å². The Balaban J connectivity index is 1.33. The van der Waals surface area contributed by atoms with Crippen LogP contribution >= 0.6 is 11.6 Å². The van der Waals surface area contributed by atoms with Crippen LogP contribution < -0.4 is 16.0 Å². The lowest BCUT2D eigenvalue weighted by molar-refractivity contribution is -0.133. The highest BCUT2D eigenvalue weighted by Crippen LogP contribution is 2.46. The predicted molar refractivity (Wildman–Crippen MR) is 165 cm³/mol. The van der Waals surface area contributed by atoms with Crippen molar-refractivity contribution in [3.63, 3.8) is 0 Å². The zero-order valence-corrected chi connectivity index (χ0v) is 25.2. The average molecular weight is 636 g/mol. The minimum Gasteiger partial charge on any atom is -0.453 e. The molecule has 13 heteroatoms. The number of halogens is 2. The molecule has 45 heavy (non-hydrogen) atoms. The third kappa shape index (κ3) is 6.02. The molecule has 3 aliphatic rings. The van der Waals surface area contributed by atoms with Crippen molar-refractivity contribution in [3.05, 3.63) is 70.8 Å². The highest BCUT2D eigenvalue weighted by atomic mass is 35.5. The van der Waals surface area contributed by atoms with Crippen LogP contribution in [0.25, 0.3) is 11.1 Å². The number of carbonyl (C=O) groups excluding carboxylic acids is 4. The average Bonchev–Trinajstić information content (AvgIpc) is 3.43. The molecule has 0 radical (unpaired) electrons. The fourth-order valence-corrected chi connectivity index (χ4v) is 6.47. The van der Waals surface area contributed by atoms with Gasteiger partial charge in [0.05, 0.1) is 47.2 Å². The monoisotopic (exact) mass is 635 g/mol. The second kappa shape index (κ2) is 12.4. The number of amides is 4. The zero-order chi connectivity index (χ0) is 31.7. The number of rotatable bonds is 2. The minimum atomic E-state index is -1.37. The molecule has 2 aromatic carbocycles. The maximum absolute atomic E-state index is 15.3. The van der Waals surface area contributed by atoms with Crippen LogP contribution in [0.5, 0.6) is 0 Å². The number of anilines is 3. The van der Waals surface area contributed by atoms with Gasteiger partial charge in [-0.25, -0.2) is 14.0 Å². The summed E-state index contributed by atoms with van der Waals surface area (Å²) in [7, 11) is 1.26. The third-order valence-corrected chi connectivity index (χ3v) is 8.78. The van der Waals surface area contributed by atoms with E-state index in [2.05, 4.69) is 20.9 Å². The van der Waals surface area contributed by atoms with Gasteiger partial charge in [-0.15, -0.1) is 0 Å². The summed E-state index contributed by atoms with van der Waals surface area (Å²) in [5.41, 5.74) is 1.90. The van der Waals surface area contributed by atoms with Crippen LogP contribution in [0.3, 0.4) is 0 Å². The van der Waals surface area contributed by atoms with Crippen LogP contribution in [0.2, 0.25) is 5.02 Å². The summed E-state index contributed by atoms with van der Waals surface area (Å²) in [6, 6.07) is 11.6. The number of nitrogens with zero attached hydrogens (tertiary/aromatic N) is 2. The number of benzene rings is 2. The van der Waals surface area contributed by atoms with Crippen LogP contribution in [0.4, 0.5) is 31.0 Å². The SMILES string of the molecule is COC(=O)Nc1ccc2c(c1)NC(=O)CCCCC[C@H](C(=O)N1CC[C@@]3(C1)OC(=O)Nc1ccc(Cl)c(F)c13)c1cc-2ccn1. The molecule has 0 unspecified atom stereocenters. The van der Waals surface area contributed by atoms with Crippen LogP contribution in [0.1, 0.15) is 55.7 Å². The smallest absolute Gasteiger partial charge is 0.412 e. The fourth-order valence-electron chi connectivity index (χ4n) is 6.32. The van der Waals surface area contributed by atoms with Crippen LogP contribution in [0, 0.1) is 5.82 Å². The van der Waals surface area contributed by atoms with Crippen molar-refractivity contribution in [1.29, 1.82) is 0 Å². The van der Waals surface area contributed by atoms with Crippen molar-refractivity contribution in [2.24, 2.45) is 0 Å². The Bertz CT molecular complexity index is 1700. The first-order valence-electron chi connectivity index (χ1n) is 14.7. The van der Waals surface area contributed by atoms with Crippen LogP contribution in [-0.4, -0.2) is 54.1 Å². The van der Waals surface area contributed by atoms with Crippen molar-refractivity contribution >= 4 is 52.7 Å². The van der Waals surface area contributed by atoms with E-state index in [4.69, 9.17) is 21.1 Å². The van der Waals surface area contributed by atoms with E-state index < -0.39 is 29.5 Å². The quantitative estimate of drug-likeness (QED) is 0.296. The van der Waals surface area contributed by atoms with Gasteiger partial charge in [-0.1, -0.05) is 30.5 Å². The van der Waals surface area contributed by atoms with E-state index in [1.807, 2.05) is 6.07 Å². The van der Waals surface area contributed by atoms with E-state index in [-0.39, 0.29) is 54.0 Å². The summed E-state index contributed by atoms with van der Waals surface area (Å²) in [5, 5.41) is 8.00. The highest BCUT2D eigenvalue weighted by Gasteiger charge is 2.51. The maximum atomic E-state index is 15.3. The molecule has 0 aliphatic carbocycles. The van der Waals surface area contributed by atoms with Crippen molar-refractivity contribution in [2.75, 3.05) is 36.1 Å². The van der Waals surface area contributed by atoms with Crippen molar-refractivity contribution in [1.82, 2.24) is 9.88 Å². The van der Waals surface area contributed by atoms with E-state index in [0.717, 1.165) is 0 Å². The summed E-state index contributed by atoms with van der Waals surface area (Å²) in [6.45, 7) is 0.210. The highest BCUT2D eigenvalue weighted by molar-refractivity contribution is 6.31. The third-order valence-electron chi connectivity index (χ3n) is 8.49. The van der Waals surface area contributed by atoms with Crippen LogP contribution in [-0.2, 0) is 24.7 Å². The Morgan fingerprint density at radius 2 is 1.96 bits per heavy atom. The number of likely N-dealkylation sites (tertiary alicyclic amines) is 1. The minimum absolute atomic E-state index is 0.0308. The number of hydrogen-bond donors (Lipinski definition) is 3. The van der Waals surface area contributed by atoms with Gasteiger partial charge >= 0.3 is 12.2 Å². The molecule has 6 rings (SSSR count). The molecule has 3 N–H and O–H groups in total. The molecule has 4 amide bonds. The Morgan fingerprint density at radius 1 is 1.11 bits per heavy atom. The first kappa shape index (κ1) is 30.3. The van der Waals surface area contributed by atoms with Crippen molar-refractivity contribution < 1.29 is 33.0 Å². The number of ether oxygens (including phenoxy) is 2. The van der Waals surface area contributed by atoms with Crippen molar-refractivity contribution in [2.45, 2.75) is 50.0 Å². The van der Waals surface area contributed by atoms with Crippen LogP contribution in [0.15, 0.2) is 48.7 Å². The molecule has 4 heterocycles. The number of aromatic nitrogens is 1. The normalized spacial score (nSPS) is 21.1. The van der Waals surface area contributed by atoms with Gasteiger partial charge in [-0.3, -0.25) is 25.2 Å². The number of nitrogens with one attached hydrogen (secondary N) is 3. The molecule has 3 aromatic rings. The Hall–Kier alpha value is -4.71. The van der Waals surface area contributed by atoms with Gasteiger partial charge in [0.15, 0.2) is 11.4 Å². The topological polar surface area (TPSA) is 139 Å². The Morgan fingerprint density at radius 3 is 2.78 bits per heavy atom. The van der Waals surface area contributed by atoms with E-state index in [9.17, 15) is 19.2 Å². The van der Waals surface area contributed by atoms with Gasteiger partial charge in [0.1, 0.15) is 0 Å². The number of fused-ring (bicyclic) bond motifs is 6. The number of carbonyl (C=O) groups is 4. The molecule has 1 fully saturated rings. The lowest BCUT2D eigenvalue weighted by atomic mass is 9.89. The molecule has 2 bridgehead atoms. The molecule has 11 nitrogen and oxygen atoms in total. The van der Waals surface area contributed by atoms with E-state index in [1.165, 1.54) is 19.2 Å². The van der Waals surface area contributed by atoms with Gasteiger partial charge in [0, 0.05) is 36.8 Å². The molecule has 2 atom stereocenters. The molecule has 1 saturated heterocycles. The van der Waals surface area contributed by atoms with Gasteiger partial charge < -0.3 is 19.7 Å². The molecule has 1 aromatic heterocycles. The van der Waals surface area contributed by atoms with Gasteiger partial charge in [0.25, 0.3) is 0 Å². The van der Waals surface area contributed by atoms with Crippen molar-refractivity contribution in [3.8, 4) is 11.1 Å². The van der Waals surface area contributed by atoms with E-state index >= 15 is 4.39 Å². The van der Waals surface area contributed by atoms with Gasteiger partial charge in [-0.05, 0) is 54.8 Å². The maximum Gasteiger partial charge on any atom is 0.412 e.